The van der Waals surface area contributed by atoms with E-state index in [9.17, 15) is 5.26 Å². The summed E-state index contributed by atoms with van der Waals surface area (Å²) in [6.07, 6.45) is 10.8. The molecule has 0 atom stereocenters. The summed E-state index contributed by atoms with van der Waals surface area (Å²) in [5, 5.41) is 17.7. The van der Waals surface area contributed by atoms with Crippen molar-refractivity contribution in [2.24, 2.45) is 5.41 Å². The molecule has 144 valence electrons. The topological polar surface area (TPSA) is 142 Å². The smallest absolute Gasteiger partial charge is 0.154 e. The highest BCUT2D eigenvalue weighted by Gasteiger charge is 2.37. The summed E-state index contributed by atoms with van der Waals surface area (Å²) in [5.41, 5.74) is 13.3. The van der Waals surface area contributed by atoms with E-state index < -0.39 is 0 Å². The summed E-state index contributed by atoms with van der Waals surface area (Å²) in [6, 6.07) is 3.51. The number of nitrogens with one attached hydrogen (secondary N) is 1. The van der Waals surface area contributed by atoms with E-state index in [2.05, 4.69) is 19.9 Å². The molecule has 2 aliphatic rings. The third-order valence-electron chi connectivity index (χ3n) is 6.15. The Hall–Kier alpha value is -3.21. The Labute approximate surface area is 164 Å². The highest BCUT2D eigenvalue weighted by Crippen LogP contribution is 2.46. The van der Waals surface area contributed by atoms with E-state index in [4.69, 9.17) is 16.9 Å². The van der Waals surface area contributed by atoms with Gasteiger partial charge < -0.3 is 16.4 Å². The molecule has 8 nitrogen and oxygen atoms in total. The molecule has 1 spiro atoms. The van der Waals surface area contributed by atoms with Crippen LogP contribution in [0.2, 0.25) is 0 Å². The van der Waals surface area contributed by atoms with Gasteiger partial charge >= 0.3 is 0 Å². The van der Waals surface area contributed by atoms with E-state index in [1.54, 1.807) is 6.20 Å². The van der Waals surface area contributed by atoms with Gasteiger partial charge in [0.1, 0.15) is 23.4 Å². The normalized spacial score (nSPS) is 18.2. The largest absolute Gasteiger partial charge is 0.384 e. The Morgan fingerprint density at radius 1 is 1.11 bits per heavy atom. The third-order valence-corrected chi connectivity index (χ3v) is 6.15. The van der Waals surface area contributed by atoms with Gasteiger partial charge in [-0.1, -0.05) is 12.8 Å². The van der Waals surface area contributed by atoms with Gasteiger partial charge in [-0.05, 0) is 37.2 Å². The van der Waals surface area contributed by atoms with Crippen molar-refractivity contribution in [1.82, 2.24) is 15.0 Å². The minimum atomic E-state index is 0.0192. The molecule has 0 amide bonds. The molecule has 0 unspecified atom stereocenters. The first-order valence-corrected chi connectivity index (χ1v) is 9.64. The van der Waals surface area contributed by atoms with Gasteiger partial charge in [-0.25, -0.2) is 15.0 Å². The van der Waals surface area contributed by atoms with E-state index in [1.807, 2.05) is 6.07 Å². The van der Waals surface area contributed by atoms with Crippen molar-refractivity contribution in [1.29, 1.82) is 10.7 Å². The molecule has 0 bridgehead atoms. The lowest BCUT2D eigenvalue weighted by atomic mass is 9.77. The lowest BCUT2D eigenvalue weighted by molar-refractivity contribution is 0.226. The number of aromatic nitrogens is 3. The zero-order valence-electron chi connectivity index (χ0n) is 15.8. The number of hydrogen-bond donors (Lipinski definition) is 3. The van der Waals surface area contributed by atoms with E-state index in [-0.39, 0.29) is 28.6 Å². The highest BCUT2D eigenvalue weighted by molar-refractivity contribution is 6.13. The Kier molecular flexibility index (Phi) is 4.59. The Morgan fingerprint density at radius 2 is 1.82 bits per heavy atom. The number of nitrogens with zero attached hydrogens (tertiary/aromatic N) is 5. The van der Waals surface area contributed by atoms with E-state index in [1.165, 1.54) is 50.8 Å². The van der Waals surface area contributed by atoms with Crippen molar-refractivity contribution in [2.45, 2.75) is 38.5 Å². The number of rotatable bonds is 3. The van der Waals surface area contributed by atoms with Crippen molar-refractivity contribution in [3.05, 3.63) is 35.3 Å². The van der Waals surface area contributed by atoms with Crippen LogP contribution in [0, 0.1) is 22.2 Å². The first kappa shape index (κ1) is 18.2. The minimum absolute atomic E-state index is 0.0192. The SMILES string of the molecule is N#Cc1cnc(N)cc1C(=N)c1ncc(N2CCC3(CCCC3)CC2)nc1N. The zero-order chi connectivity index (χ0) is 19.7. The molecule has 5 N–H and O–H groups in total. The summed E-state index contributed by atoms with van der Waals surface area (Å²) in [6.45, 7) is 1.93. The molecule has 0 radical (unpaired) electrons. The van der Waals surface area contributed by atoms with Gasteiger partial charge in [0.15, 0.2) is 5.82 Å². The van der Waals surface area contributed by atoms with Gasteiger partial charge in [-0.3, -0.25) is 5.41 Å². The number of pyridine rings is 1. The number of piperidine rings is 1. The molecule has 1 saturated heterocycles. The van der Waals surface area contributed by atoms with Crippen LogP contribution < -0.4 is 16.4 Å². The monoisotopic (exact) mass is 376 g/mol. The molecule has 2 aromatic rings. The number of anilines is 3. The predicted molar refractivity (Wildman–Crippen MR) is 108 cm³/mol. The van der Waals surface area contributed by atoms with Crippen LogP contribution in [-0.4, -0.2) is 33.8 Å². The lowest BCUT2D eigenvalue weighted by Crippen LogP contribution is -2.39. The minimum Gasteiger partial charge on any atom is -0.384 e. The van der Waals surface area contributed by atoms with Crippen LogP contribution in [0.15, 0.2) is 18.5 Å². The Bertz CT molecular complexity index is 945. The molecule has 8 heteroatoms. The number of hydrogen-bond acceptors (Lipinski definition) is 8. The van der Waals surface area contributed by atoms with E-state index in [0.717, 1.165) is 18.9 Å². The molecule has 1 saturated carbocycles. The van der Waals surface area contributed by atoms with Crippen LogP contribution in [-0.2, 0) is 0 Å². The van der Waals surface area contributed by atoms with Crippen LogP contribution in [0.25, 0.3) is 0 Å². The molecule has 3 heterocycles. The molecule has 1 aliphatic carbocycles. The first-order chi connectivity index (χ1) is 13.5. The van der Waals surface area contributed by atoms with Crippen LogP contribution in [0.3, 0.4) is 0 Å². The highest BCUT2D eigenvalue weighted by atomic mass is 15.2. The van der Waals surface area contributed by atoms with Crippen LogP contribution >= 0.6 is 0 Å². The number of nitrogens with two attached hydrogens (primary N) is 2. The van der Waals surface area contributed by atoms with Crippen LogP contribution in [0.5, 0.6) is 0 Å². The van der Waals surface area contributed by atoms with Gasteiger partial charge in [0.25, 0.3) is 0 Å². The maximum absolute atomic E-state index is 9.27. The van der Waals surface area contributed by atoms with Gasteiger partial charge in [0, 0.05) is 24.8 Å². The summed E-state index contributed by atoms with van der Waals surface area (Å²) >= 11 is 0. The Balaban J connectivity index is 1.55. The standard InChI is InChI=1S/C20H24N8/c21-10-13-11-25-15(22)9-14(13)17(23)18-19(24)27-16(12-26-18)28-7-5-20(6-8-28)3-1-2-4-20/h9,11-12,23H,1-8H2,(H2,22,25)(H2,24,27). The Morgan fingerprint density at radius 3 is 2.46 bits per heavy atom. The second-order valence-corrected chi connectivity index (χ2v) is 7.80. The molecule has 2 fully saturated rings. The summed E-state index contributed by atoms with van der Waals surface area (Å²) in [5.74, 6) is 1.16. The molecular formula is C20H24N8. The first-order valence-electron chi connectivity index (χ1n) is 9.64. The average molecular weight is 376 g/mol. The van der Waals surface area contributed by atoms with Crippen molar-refractivity contribution >= 4 is 23.2 Å². The number of nitriles is 1. The average Bonchev–Trinajstić information content (AvgIpc) is 3.16. The fourth-order valence-electron chi connectivity index (χ4n) is 4.47. The van der Waals surface area contributed by atoms with Crippen molar-refractivity contribution in [3.8, 4) is 6.07 Å². The van der Waals surface area contributed by atoms with E-state index >= 15 is 0 Å². The molecule has 28 heavy (non-hydrogen) atoms. The summed E-state index contributed by atoms with van der Waals surface area (Å²) < 4.78 is 0. The fraction of sp³-hybridized carbons (Fsp3) is 0.450. The van der Waals surface area contributed by atoms with Crippen LogP contribution in [0.1, 0.15) is 55.3 Å². The zero-order valence-corrected chi connectivity index (χ0v) is 15.8. The van der Waals surface area contributed by atoms with Gasteiger partial charge in [0.2, 0.25) is 0 Å². The summed E-state index contributed by atoms with van der Waals surface area (Å²) in [7, 11) is 0. The van der Waals surface area contributed by atoms with Crippen molar-refractivity contribution < 1.29 is 0 Å². The maximum Gasteiger partial charge on any atom is 0.154 e. The molecule has 0 aromatic carbocycles. The van der Waals surface area contributed by atoms with Gasteiger partial charge in [0.05, 0.1) is 17.5 Å². The maximum atomic E-state index is 9.27. The van der Waals surface area contributed by atoms with Crippen molar-refractivity contribution in [2.75, 3.05) is 29.5 Å². The fourth-order valence-corrected chi connectivity index (χ4v) is 4.47. The third kappa shape index (κ3) is 3.24. The van der Waals surface area contributed by atoms with Crippen LogP contribution in [0.4, 0.5) is 17.5 Å². The predicted octanol–water partition coefficient (Wildman–Crippen LogP) is 2.48. The molecule has 2 aromatic heterocycles. The lowest BCUT2D eigenvalue weighted by Gasteiger charge is -2.39. The second kappa shape index (κ2) is 7.08. The second-order valence-electron chi connectivity index (χ2n) is 7.80. The van der Waals surface area contributed by atoms with Crippen molar-refractivity contribution in [3.63, 3.8) is 0 Å². The quantitative estimate of drug-likeness (QED) is 0.698. The molecule has 4 rings (SSSR count). The van der Waals surface area contributed by atoms with Gasteiger partial charge in [-0.2, -0.15) is 5.26 Å². The molecular weight excluding hydrogens is 352 g/mol. The number of nitrogen functional groups attached to an aromatic ring is 2. The van der Waals surface area contributed by atoms with E-state index in [0.29, 0.717) is 11.0 Å². The summed E-state index contributed by atoms with van der Waals surface area (Å²) in [4.78, 5) is 15.0. The van der Waals surface area contributed by atoms with Gasteiger partial charge in [-0.15, -0.1) is 0 Å². The molecule has 1 aliphatic heterocycles.